The van der Waals surface area contributed by atoms with Gasteiger partial charge in [0.05, 0.1) is 0 Å². The third-order valence-corrected chi connectivity index (χ3v) is 4.85. The molecular formula is C19H13ClF2N4O3. The van der Waals surface area contributed by atoms with Gasteiger partial charge in [-0.3, -0.25) is 9.69 Å². The molecule has 1 saturated heterocycles. The molecule has 0 radical (unpaired) electrons. The molecule has 2 heterocycles. The lowest BCUT2D eigenvalue weighted by Gasteiger charge is -2.22. The summed E-state index contributed by atoms with van der Waals surface area (Å²) in [7, 11) is 0. The van der Waals surface area contributed by atoms with Crippen molar-refractivity contribution in [3.05, 3.63) is 70.6 Å². The van der Waals surface area contributed by atoms with Gasteiger partial charge >= 0.3 is 6.03 Å². The van der Waals surface area contributed by atoms with E-state index in [2.05, 4.69) is 15.5 Å². The summed E-state index contributed by atoms with van der Waals surface area (Å²) in [5.74, 6) is -2.55. The van der Waals surface area contributed by atoms with Gasteiger partial charge in [0, 0.05) is 10.6 Å². The van der Waals surface area contributed by atoms with Crippen molar-refractivity contribution in [2.75, 3.05) is 0 Å². The van der Waals surface area contributed by atoms with Crippen molar-refractivity contribution in [3.63, 3.8) is 0 Å². The highest BCUT2D eigenvalue weighted by atomic mass is 35.5. The van der Waals surface area contributed by atoms with Gasteiger partial charge in [0.25, 0.3) is 5.91 Å². The number of carbonyl (C=O) groups is 2. The van der Waals surface area contributed by atoms with Gasteiger partial charge in [-0.25, -0.2) is 13.6 Å². The lowest BCUT2D eigenvalue weighted by Crippen LogP contribution is -2.41. The molecule has 1 N–H and O–H groups in total. The number of halogens is 3. The van der Waals surface area contributed by atoms with E-state index in [1.807, 2.05) is 0 Å². The van der Waals surface area contributed by atoms with E-state index in [1.54, 1.807) is 24.3 Å². The number of imide groups is 1. The second kappa shape index (κ2) is 6.93. The van der Waals surface area contributed by atoms with Crippen LogP contribution in [0.3, 0.4) is 0 Å². The first-order valence-electron chi connectivity index (χ1n) is 8.46. The number of aromatic nitrogens is 2. The van der Waals surface area contributed by atoms with Gasteiger partial charge in [-0.05, 0) is 36.8 Å². The molecule has 10 heteroatoms. The Morgan fingerprint density at radius 2 is 1.97 bits per heavy atom. The van der Waals surface area contributed by atoms with Crippen molar-refractivity contribution in [2.45, 2.75) is 19.0 Å². The molecule has 1 atom stereocenters. The van der Waals surface area contributed by atoms with Gasteiger partial charge in [0.15, 0.2) is 11.6 Å². The van der Waals surface area contributed by atoms with E-state index < -0.39 is 29.1 Å². The molecule has 29 heavy (non-hydrogen) atoms. The predicted molar refractivity (Wildman–Crippen MR) is 97.5 cm³/mol. The quantitative estimate of drug-likeness (QED) is 0.653. The van der Waals surface area contributed by atoms with Crippen LogP contribution in [-0.4, -0.2) is 27.0 Å². The van der Waals surface area contributed by atoms with Gasteiger partial charge in [-0.2, -0.15) is 4.98 Å². The normalized spacial score (nSPS) is 19.0. The standard InChI is InChI=1S/C19H13ClF2N4O3/c1-19(11-5-6-13(21)14(22)8-11)17(27)26(18(28)24-19)9-15-23-16(25-29-15)10-3-2-4-12(20)7-10/h2-8H,9H2,1H3,(H,24,28). The second-order valence-corrected chi connectivity index (χ2v) is 7.03. The fourth-order valence-corrected chi connectivity index (χ4v) is 3.23. The molecule has 0 saturated carbocycles. The Kier molecular flexibility index (Phi) is 4.54. The Labute approximate surface area is 168 Å². The maximum Gasteiger partial charge on any atom is 0.325 e. The number of hydrogen-bond donors (Lipinski definition) is 1. The average Bonchev–Trinajstić information content (AvgIpc) is 3.23. The van der Waals surface area contributed by atoms with Crippen molar-refractivity contribution in [3.8, 4) is 11.4 Å². The zero-order chi connectivity index (χ0) is 20.8. The molecule has 0 aliphatic carbocycles. The van der Waals surface area contributed by atoms with E-state index in [4.69, 9.17) is 16.1 Å². The molecule has 1 aromatic heterocycles. The molecule has 148 valence electrons. The molecule has 7 nitrogen and oxygen atoms in total. The Morgan fingerprint density at radius 1 is 1.17 bits per heavy atom. The van der Waals surface area contributed by atoms with Crippen LogP contribution in [0.15, 0.2) is 47.0 Å². The lowest BCUT2D eigenvalue weighted by atomic mass is 9.92. The molecule has 1 fully saturated rings. The van der Waals surface area contributed by atoms with Crippen LogP contribution in [0.5, 0.6) is 0 Å². The molecule has 0 spiro atoms. The Hall–Kier alpha value is -3.33. The minimum Gasteiger partial charge on any atom is -0.337 e. The molecule has 4 rings (SSSR count). The number of rotatable bonds is 4. The minimum absolute atomic E-state index is 0.0259. The highest BCUT2D eigenvalue weighted by Gasteiger charge is 2.49. The summed E-state index contributed by atoms with van der Waals surface area (Å²) in [5.41, 5.74) is -0.833. The first-order valence-corrected chi connectivity index (χ1v) is 8.84. The summed E-state index contributed by atoms with van der Waals surface area (Å²) in [6, 6.07) is 9.08. The number of nitrogens with one attached hydrogen (secondary N) is 1. The van der Waals surface area contributed by atoms with Gasteiger partial charge in [0.1, 0.15) is 12.1 Å². The second-order valence-electron chi connectivity index (χ2n) is 6.60. The number of carbonyl (C=O) groups excluding carboxylic acids is 2. The van der Waals surface area contributed by atoms with Crippen molar-refractivity contribution >= 4 is 23.5 Å². The highest BCUT2D eigenvalue weighted by molar-refractivity contribution is 6.30. The third-order valence-electron chi connectivity index (χ3n) is 4.62. The average molecular weight is 419 g/mol. The molecule has 0 bridgehead atoms. The molecular weight excluding hydrogens is 406 g/mol. The monoisotopic (exact) mass is 418 g/mol. The molecule has 3 aromatic rings. The summed E-state index contributed by atoms with van der Waals surface area (Å²) in [5, 5.41) is 6.82. The highest BCUT2D eigenvalue weighted by Crippen LogP contribution is 2.31. The van der Waals surface area contributed by atoms with Crippen molar-refractivity contribution in [1.82, 2.24) is 20.4 Å². The SMILES string of the molecule is CC1(c2ccc(F)c(F)c2)NC(=O)N(Cc2nc(-c3cccc(Cl)c3)no2)C1=O. The van der Waals surface area contributed by atoms with Crippen LogP contribution < -0.4 is 5.32 Å². The van der Waals surface area contributed by atoms with E-state index >= 15 is 0 Å². The number of nitrogens with zero attached hydrogens (tertiary/aromatic N) is 3. The van der Waals surface area contributed by atoms with Crippen LogP contribution in [0, 0.1) is 11.6 Å². The summed E-state index contributed by atoms with van der Waals surface area (Å²) in [6.07, 6.45) is 0. The molecule has 3 amide bonds. The molecule has 1 aliphatic heterocycles. The number of hydrogen-bond acceptors (Lipinski definition) is 5. The Balaban J connectivity index is 1.58. The van der Waals surface area contributed by atoms with Gasteiger partial charge in [0.2, 0.25) is 11.7 Å². The zero-order valence-electron chi connectivity index (χ0n) is 14.9. The van der Waals surface area contributed by atoms with Gasteiger partial charge in [-0.15, -0.1) is 0 Å². The fraction of sp³-hybridized carbons (Fsp3) is 0.158. The van der Waals surface area contributed by atoms with Crippen molar-refractivity contribution in [2.24, 2.45) is 0 Å². The number of benzene rings is 2. The number of urea groups is 1. The first kappa shape index (κ1) is 19.0. The third kappa shape index (κ3) is 3.33. The van der Waals surface area contributed by atoms with Gasteiger partial charge in [-0.1, -0.05) is 35.0 Å². The Bertz CT molecular complexity index is 1140. The largest absolute Gasteiger partial charge is 0.337 e. The topological polar surface area (TPSA) is 88.3 Å². The van der Waals surface area contributed by atoms with Crippen LogP contribution in [0.25, 0.3) is 11.4 Å². The van der Waals surface area contributed by atoms with E-state index in [9.17, 15) is 18.4 Å². The zero-order valence-corrected chi connectivity index (χ0v) is 15.7. The lowest BCUT2D eigenvalue weighted by molar-refractivity contribution is -0.131. The van der Waals surface area contributed by atoms with E-state index in [-0.39, 0.29) is 23.8 Å². The maximum absolute atomic E-state index is 13.6. The predicted octanol–water partition coefficient (Wildman–Crippen LogP) is 3.64. The molecule has 1 aliphatic rings. The molecule has 1 unspecified atom stereocenters. The van der Waals surface area contributed by atoms with E-state index in [0.29, 0.717) is 10.6 Å². The summed E-state index contributed by atoms with van der Waals surface area (Å²) in [4.78, 5) is 30.3. The van der Waals surface area contributed by atoms with Crippen LogP contribution in [-0.2, 0) is 16.9 Å². The van der Waals surface area contributed by atoms with Crippen LogP contribution in [0.1, 0.15) is 18.4 Å². The maximum atomic E-state index is 13.6. The van der Waals surface area contributed by atoms with Crippen LogP contribution in [0.4, 0.5) is 13.6 Å². The van der Waals surface area contributed by atoms with E-state index in [1.165, 1.54) is 13.0 Å². The van der Waals surface area contributed by atoms with Crippen LogP contribution in [0.2, 0.25) is 5.02 Å². The van der Waals surface area contributed by atoms with E-state index in [0.717, 1.165) is 17.0 Å². The Morgan fingerprint density at radius 3 is 2.69 bits per heavy atom. The van der Waals surface area contributed by atoms with Gasteiger partial charge < -0.3 is 9.84 Å². The minimum atomic E-state index is -1.55. The smallest absolute Gasteiger partial charge is 0.325 e. The van der Waals surface area contributed by atoms with Crippen molar-refractivity contribution < 1.29 is 22.9 Å². The summed E-state index contributed by atoms with van der Waals surface area (Å²) in [6.45, 7) is 1.13. The fourth-order valence-electron chi connectivity index (χ4n) is 3.04. The van der Waals surface area contributed by atoms with Crippen LogP contribution >= 0.6 is 11.6 Å². The summed E-state index contributed by atoms with van der Waals surface area (Å²) >= 11 is 5.95. The molecule has 2 aromatic carbocycles. The summed E-state index contributed by atoms with van der Waals surface area (Å²) < 4.78 is 32.0. The first-order chi connectivity index (χ1) is 13.8. The van der Waals surface area contributed by atoms with Crippen molar-refractivity contribution in [1.29, 1.82) is 0 Å². The number of amides is 3.